The van der Waals surface area contributed by atoms with Crippen molar-refractivity contribution in [3.05, 3.63) is 107 Å². The quantitative estimate of drug-likeness (QED) is 0.0232. The Morgan fingerprint density at radius 2 is 1.12 bits per heavy atom. The third-order valence-corrected chi connectivity index (χ3v) is 17.0. The fourth-order valence-corrected chi connectivity index (χ4v) is 11.4. The number of nitrogens with zero attached hydrogens (tertiary/aromatic N) is 14. The summed E-state index contributed by atoms with van der Waals surface area (Å²) in [5, 5.41) is 31.0. The Morgan fingerprint density at radius 3 is 1.65 bits per heavy atom. The number of allylic oxidation sites excluding steroid dienone is 1. The molecule has 0 radical (unpaired) electrons. The van der Waals surface area contributed by atoms with E-state index >= 15 is 0 Å². The number of rotatable bonds is 17. The van der Waals surface area contributed by atoms with Crippen molar-refractivity contribution in [3.8, 4) is 22.5 Å². The van der Waals surface area contributed by atoms with Gasteiger partial charge >= 0.3 is 31.5 Å². The van der Waals surface area contributed by atoms with Crippen molar-refractivity contribution < 1.29 is 51.4 Å². The van der Waals surface area contributed by atoms with Crippen LogP contribution in [0.5, 0.6) is 0 Å². The molecule has 1 aliphatic heterocycles. The lowest BCUT2D eigenvalue weighted by Gasteiger charge is -2.32. The molecule has 546 valence electrons. The minimum atomic E-state index is -5.08. The molecule has 30 nitrogen and oxygen atoms in total. The van der Waals surface area contributed by atoms with Crippen molar-refractivity contribution in [3.63, 3.8) is 0 Å². The minimum absolute atomic E-state index is 0.299. The van der Waals surface area contributed by atoms with Crippen molar-refractivity contribution in [2.45, 2.75) is 162 Å². The molecule has 103 heavy (non-hydrogen) atoms. The third kappa shape index (κ3) is 19.9. The number of aromatic nitrogens is 16. The molecule has 2 aliphatic rings. The molecule has 1 aromatic carbocycles. The molecule has 1 fully saturated rings. The first-order chi connectivity index (χ1) is 48.7. The SMILES string of the molecule is CC(C)(C)OC(=O)NCCCCn1nc(-c2ccc3[nH]ccc3c2)c2c(N)ncnc21.CC(C)(C)OC(=O)NCCCCn1nc(I)c2c(N)ncnc21.CC1(C)OB(c2cnc3c(c2)C=CC3)OC1(C)C.NCCCCn1nc(-c2cnc3[nH]ccc3c2)c2c(N)ncnc21.O=C(O)C(F)(F)F. The molecule has 1 saturated heterocycles. The predicted octanol–water partition coefficient (Wildman–Crippen LogP) is 10.5. The number of hydrogen-bond acceptors (Lipinski definition) is 22. The molecule has 2 amide bonds. The van der Waals surface area contributed by atoms with Gasteiger partial charge in [0.25, 0.3) is 0 Å². The van der Waals surface area contributed by atoms with E-state index in [1.165, 1.54) is 24.5 Å². The monoisotopic (exact) mass is 1530 g/mol. The smallest absolute Gasteiger partial charge is 0.475 e. The lowest BCUT2D eigenvalue weighted by Crippen LogP contribution is -2.41. The highest BCUT2D eigenvalue weighted by molar-refractivity contribution is 14.1. The van der Waals surface area contributed by atoms with Gasteiger partial charge in [0, 0.05) is 96.8 Å². The van der Waals surface area contributed by atoms with Crippen molar-refractivity contribution in [2.75, 3.05) is 36.8 Å². The summed E-state index contributed by atoms with van der Waals surface area (Å²) in [5.41, 5.74) is 32.9. The number of aromatic amines is 2. The summed E-state index contributed by atoms with van der Waals surface area (Å²) in [4.78, 5) is 72.7. The fraction of sp³-hybridized carbons (Fsp3) is 0.412. The number of benzene rings is 1. The molecule has 13 rings (SSSR count). The number of carbonyl (C=O) groups excluding carboxylic acids is 2. The molecule has 11 heterocycles. The summed E-state index contributed by atoms with van der Waals surface area (Å²) in [7, 11) is -0.318. The van der Waals surface area contributed by atoms with E-state index in [-0.39, 0.29) is 18.3 Å². The molecule has 0 saturated carbocycles. The number of unbranched alkanes of at least 4 members (excludes halogenated alkanes) is 3. The number of hydrogen-bond donors (Lipinski definition) is 9. The van der Waals surface area contributed by atoms with Crippen LogP contribution in [0.3, 0.4) is 0 Å². The number of alkyl halides is 3. The van der Waals surface area contributed by atoms with Gasteiger partial charge in [-0.15, -0.1) is 0 Å². The van der Waals surface area contributed by atoms with E-state index in [4.69, 9.17) is 61.8 Å². The number of nitrogens with two attached hydrogens (primary N) is 4. The molecular weight excluding hydrogens is 1450 g/mol. The summed E-state index contributed by atoms with van der Waals surface area (Å²) >= 11 is 2.13. The van der Waals surface area contributed by atoms with E-state index in [0.717, 1.165) is 138 Å². The highest BCUT2D eigenvalue weighted by Gasteiger charge is 2.52. The average molecular weight is 1530 g/mol. The van der Waals surface area contributed by atoms with E-state index < -0.39 is 35.5 Å². The molecule has 1 aliphatic carbocycles. The number of halogens is 4. The normalized spacial score (nSPS) is 13.7. The number of carbonyl (C=O) groups is 3. The number of ether oxygens (including phenoxy) is 2. The van der Waals surface area contributed by atoms with Gasteiger partial charge in [-0.25, -0.2) is 63.3 Å². The molecule has 13 N–H and O–H groups in total. The Balaban J connectivity index is 0.000000157. The summed E-state index contributed by atoms with van der Waals surface area (Å²) in [6.45, 7) is 23.1. The fourth-order valence-electron chi connectivity index (χ4n) is 10.6. The number of carboxylic acids is 1. The van der Waals surface area contributed by atoms with Crippen LogP contribution in [-0.4, -0.2) is 158 Å². The van der Waals surface area contributed by atoms with Gasteiger partial charge < -0.3 is 67.4 Å². The Labute approximate surface area is 604 Å². The number of aryl methyl sites for hydroxylation is 3. The van der Waals surface area contributed by atoms with Crippen LogP contribution in [0, 0.1) is 3.70 Å². The Bertz CT molecular complexity index is 4790. The largest absolute Gasteiger partial charge is 0.496 e. The number of H-pyrrole nitrogens is 2. The zero-order chi connectivity index (χ0) is 74.6. The summed E-state index contributed by atoms with van der Waals surface area (Å²) in [6, 6.07) is 14.3. The number of aliphatic carboxylic acids is 1. The van der Waals surface area contributed by atoms with Crippen LogP contribution in [0.25, 0.3) is 83.6 Å². The number of nitrogens with one attached hydrogen (secondary N) is 4. The standard InChI is InChI=1S/C22H27N7O2.C16H18N8.C14H18BNO2.C14H21IN6O2.C2HF3O2/c1-22(2,3)31-21(30)25-9-4-5-11-29-20-17(19(23)26-13-27-20)18(28-29)15-6-7-16-14(12-15)8-10-24-16;17-4-1-2-6-24-16-12(14(18)21-9-22-16)13(23-24)11-7-10-3-5-19-15(10)20-8-11;1-13(2)14(3,4)18-15(17-13)11-8-10-6-5-7-12(10)16-9-11;1-14(2,3)23-13(22)17-6-4-5-7-21-12-9(10(15)20-21)11(16)18-8-19-12;3-2(4,5)1(6)7/h6-8,10,12-13,24H,4-5,9,11H2,1-3H3,(H,25,30)(H2,23,26,27);3,5,7-9H,1-2,4,6,17H2,(H,19,20)(H2,18,21,22);5-6,8-9H,7H2,1-4H3;8H,4-7H2,1-3H3,(H,17,22)(H2,16,18,19);(H,6,7). The number of fused-ring (bicyclic) bond motifs is 6. The van der Waals surface area contributed by atoms with Crippen LogP contribution in [0.15, 0.2) is 92.3 Å². The Morgan fingerprint density at radius 1 is 0.631 bits per heavy atom. The highest BCUT2D eigenvalue weighted by Crippen LogP contribution is 2.38. The second-order valence-electron chi connectivity index (χ2n) is 27.0. The van der Waals surface area contributed by atoms with Crippen LogP contribution >= 0.6 is 22.6 Å². The minimum Gasteiger partial charge on any atom is -0.475 e. The van der Waals surface area contributed by atoms with Crippen molar-refractivity contribution >= 4 is 132 Å². The second kappa shape index (κ2) is 32.9. The summed E-state index contributed by atoms with van der Waals surface area (Å²) < 4.78 is 60.6. The highest BCUT2D eigenvalue weighted by atomic mass is 127. The summed E-state index contributed by atoms with van der Waals surface area (Å²) in [6.07, 6.45) is 16.2. The lowest BCUT2D eigenvalue weighted by atomic mass is 9.79. The number of anilines is 3. The predicted molar refractivity (Wildman–Crippen MR) is 396 cm³/mol. The number of alkyl carbamates (subject to hydrolysis) is 2. The van der Waals surface area contributed by atoms with E-state index in [1.54, 1.807) is 6.20 Å². The van der Waals surface area contributed by atoms with Gasteiger partial charge in [0.05, 0.1) is 33.1 Å². The summed E-state index contributed by atoms with van der Waals surface area (Å²) in [5.74, 6) is -1.48. The van der Waals surface area contributed by atoms with Gasteiger partial charge in [-0.2, -0.15) is 28.5 Å². The maximum atomic E-state index is 11.8. The molecule has 35 heteroatoms. The topological polar surface area (TPSA) is 425 Å². The van der Waals surface area contributed by atoms with Crippen molar-refractivity contribution in [1.29, 1.82) is 0 Å². The number of amides is 2. The number of pyridine rings is 2. The number of nitrogen functional groups attached to an aromatic ring is 3. The maximum Gasteiger partial charge on any atom is 0.496 e. The van der Waals surface area contributed by atoms with Crippen molar-refractivity contribution in [2.24, 2.45) is 5.73 Å². The molecular formula is C68H85BF3IN22O8. The number of carboxylic acid groups (broad SMARTS) is 1. The molecule has 0 unspecified atom stereocenters. The third-order valence-electron chi connectivity index (χ3n) is 16.3. The van der Waals surface area contributed by atoms with Gasteiger partial charge in [0.1, 0.15) is 68.4 Å². The van der Waals surface area contributed by atoms with Crippen LogP contribution < -0.4 is 39.0 Å². The van der Waals surface area contributed by atoms with Crippen molar-refractivity contribution in [1.82, 2.24) is 89.8 Å². The van der Waals surface area contributed by atoms with E-state index in [0.29, 0.717) is 55.8 Å². The van der Waals surface area contributed by atoms with E-state index in [2.05, 4.69) is 140 Å². The second-order valence-corrected chi connectivity index (χ2v) is 28.0. The molecule has 10 aromatic heterocycles. The lowest BCUT2D eigenvalue weighted by molar-refractivity contribution is -0.192. The van der Waals surface area contributed by atoms with Crippen LogP contribution in [0.1, 0.15) is 119 Å². The van der Waals surface area contributed by atoms with Gasteiger partial charge in [0.2, 0.25) is 0 Å². The van der Waals surface area contributed by atoms with Gasteiger partial charge in [-0.05, 0) is 173 Å². The van der Waals surface area contributed by atoms with Gasteiger partial charge in [-0.3, -0.25) is 4.98 Å². The maximum absolute atomic E-state index is 11.8. The Kier molecular flexibility index (Phi) is 24.6. The van der Waals surface area contributed by atoms with E-state index in [1.807, 2.05) is 105 Å². The van der Waals surface area contributed by atoms with Crippen LogP contribution in [0.4, 0.5) is 40.2 Å². The Hall–Kier alpha value is -10.1. The van der Waals surface area contributed by atoms with Gasteiger partial charge in [-0.1, -0.05) is 24.3 Å². The average Bonchev–Trinajstić information content (AvgIpc) is 1.64. The first-order valence-electron chi connectivity index (χ1n) is 33.2. The van der Waals surface area contributed by atoms with Gasteiger partial charge in [0.15, 0.2) is 16.9 Å². The van der Waals surface area contributed by atoms with Crippen LogP contribution in [-0.2, 0) is 49.6 Å². The molecule has 11 aromatic rings. The molecule has 0 bridgehead atoms. The van der Waals surface area contributed by atoms with E-state index in [9.17, 15) is 22.8 Å². The zero-order valence-corrected chi connectivity index (χ0v) is 61.1. The molecule has 0 atom stereocenters. The zero-order valence-electron chi connectivity index (χ0n) is 58.9. The first kappa shape index (κ1) is 77.0. The molecule has 0 spiro atoms. The first-order valence-corrected chi connectivity index (χ1v) is 34.3. The van der Waals surface area contributed by atoms with Crippen LogP contribution in [0.2, 0.25) is 0 Å².